The van der Waals surface area contributed by atoms with Crippen LogP contribution >= 0.6 is 0 Å². The zero-order valence-electron chi connectivity index (χ0n) is 11.1. The highest BCUT2D eigenvalue weighted by Crippen LogP contribution is 2.19. The van der Waals surface area contributed by atoms with Crippen LogP contribution in [-0.4, -0.2) is 42.1 Å². The predicted octanol–water partition coefficient (Wildman–Crippen LogP) is 0.573. The second-order valence-corrected chi connectivity index (χ2v) is 6.70. The van der Waals surface area contributed by atoms with Crippen LogP contribution in [0.3, 0.4) is 0 Å². The zero-order chi connectivity index (χ0) is 13.9. The summed E-state index contributed by atoms with van der Waals surface area (Å²) >= 11 is 0. The molecule has 0 radical (unpaired) electrons. The highest BCUT2D eigenvalue weighted by Gasteiger charge is 2.27. The lowest BCUT2D eigenvalue weighted by Crippen LogP contribution is -2.35. The first-order chi connectivity index (χ1) is 9.04. The van der Waals surface area contributed by atoms with E-state index in [1.54, 1.807) is 10.9 Å². The van der Waals surface area contributed by atoms with Gasteiger partial charge in [0.25, 0.3) is 0 Å². The molecule has 0 spiro atoms. The van der Waals surface area contributed by atoms with E-state index < -0.39 is 10.0 Å². The minimum Gasteiger partial charge on any atom is -0.330 e. The number of aryl methyl sites for hydroxylation is 1. The molecule has 7 heteroatoms. The Labute approximate surface area is 113 Å². The molecule has 2 rings (SSSR count). The normalized spacial score (nSPS) is 17.5. The number of sulfonamides is 1. The molecule has 1 aromatic rings. The van der Waals surface area contributed by atoms with Crippen molar-refractivity contribution in [3.05, 3.63) is 24.0 Å². The summed E-state index contributed by atoms with van der Waals surface area (Å²) < 4.78 is 28.0. The maximum Gasteiger partial charge on any atom is 0.246 e. The zero-order valence-corrected chi connectivity index (χ0v) is 11.9. The Kier molecular flexibility index (Phi) is 4.38. The van der Waals surface area contributed by atoms with Crippen molar-refractivity contribution in [2.75, 3.05) is 19.6 Å². The van der Waals surface area contributed by atoms with Crippen molar-refractivity contribution in [1.82, 2.24) is 14.1 Å². The van der Waals surface area contributed by atoms with Gasteiger partial charge in [-0.2, -0.15) is 9.40 Å². The van der Waals surface area contributed by atoms with E-state index in [1.807, 2.05) is 6.92 Å². The van der Waals surface area contributed by atoms with Gasteiger partial charge in [0, 0.05) is 25.8 Å². The van der Waals surface area contributed by atoms with Gasteiger partial charge >= 0.3 is 0 Å². The predicted molar refractivity (Wildman–Crippen MR) is 73.0 cm³/mol. The molecule has 0 amide bonds. The third-order valence-electron chi connectivity index (χ3n) is 3.14. The molecule has 0 saturated heterocycles. The van der Waals surface area contributed by atoms with E-state index in [1.165, 1.54) is 10.5 Å². The molecule has 0 atom stereocenters. The SMILES string of the molecule is CC1=CCCN(S(=O)(=O)c2cnn(CCCN)c2)C1. The van der Waals surface area contributed by atoms with Gasteiger partial charge in [-0.3, -0.25) is 4.68 Å². The fourth-order valence-electron chi connectivity index (χ4n) is 2.08. The summed E-state index contributed by atoms with van der Waals surface area (Å²) in [5.74, 6) is 0. The average Bonchev–Trinajstić information content (AvgIpc) is 2.86. The van der Waals surface area contributed by atoms with E-state index in [0.29, 0.717) is 26.2 Å². The van der Waals surface area contributed by atoms with Crippen LogP contribution in [0.2, 0.25) is 0 Å². The summed E-state index contributed by atoms with van der Waals surface area (Å²) in [4.78, 5) is 0.263. The molecule has 0 aromatic carbocycles. The first-order valence-electron chi connectivity index (χ1n) is 6.42. The largest absolute Gasteiger partial charge is 0.330 e. The number of aromatic nitrogens is 2. The summed E-state index contributed by atoms with van der Waals surface area (Å²) in [5, 5.41) is 4.07. The number of nitrogens with two attached hydrogens (primary N) is 1. The Morgan fingerprint density at radius 3 is 2.95 bits per heavy atom. The van der Waals surface area contributed by atoms with Crippen LogP contribution in [0.4, 0.5) is 0 Å². The van der Waals surface area contributed by atoms with Gasteiger partial charge in [-0.15, -0.1) is 0 Å². The molecular formula is C12H20N4O2S. The first-order valence-corrected chi connectivity index (χ1v) is 7.86. The third-order valence-corrected chi connectivity index (χ3v) is 4.93. The topological polar surface area (TPSA) is 81.2 Å². The first kappa shape index (κ1) is 14.2. The Morgan fingerprint density at radius 1 is 1.47 bits per heavy atom. The molecule has 2 N–H and O–H groups in total. The van der Waals surface area contributed by atoms with Gasteiger partial charge in [0.05, 0.1) is 6.20 Å². The van der Waals surface area contributed by atoms with Gasteiger partial charge < -0.3 is 5.73 Å². The number of nitrogens with zero attached hydrogens (tertiary/aromatic N) is 3. The Morgan fingerprint density at radius 2 is 2.26 bits per heavy atom. The minimum atomic E-state index is -3.42. The molecule has 1 aliphatic rings. The molecule has 0 aliphatic carbocycles. The standard InChI is InChI=1S/C12H20N4O2S/c1-11-4-2-7-16(9-11)19(17,18)12-8-14-15(10-12)6-3-5-13/h4,8,10H,2-3,5-7,9,13H2,1H3. The minimum absolute atomic E-state index is 0.263. The molecule has 6 nitrogen and oxygen atoms in total. The fraction of sp³-hybridized carbons (Fsp3) is 0.583. The van der Waals surface area contributed by atoms with Gasteiger partial charge in [0.15, 0.2) is 0 Å². The Hall–Kier alpha value is -1.18. The van der Waals surface area contributed by atoms with Crippen molar-refractivity contribution in [2.24, 2.45) is 5.73 Å². The van der Waals surface area contributed by atoms with Crippen molar-refractivity contribution < 1.29 is 8.42 Å². The van der Waals surface area contributed by atoms with Crippen molar-refractivity contribution in [1.29, 1.82) is 0 Å². The highest BCUT2D eigenvalue weighted by atomic mass is 32.2. The van der Waals surface area contributed by atoms with E-state index in [0.717, 1.165) is 18.4 Å². The van der Waals surface area contributed by atoms with Crippen LogP contribution in [0, 0.1) is 0 Å². The molecule has 19 heavy (non-hydrogen) atoms. The summed E-state index contributed by atoms with van der Waals surface area (Å²) in [6.07, 6.45) is 6.63. The van der Waals surface area contributed by atoms with Gasteiger partial charge in [0.2, 0.25) is 10.0 Å². The lowest BCUT2D eigenvalue weighted by Gasteiger charge is -2.24. The molecule has 0 bridgehead atoms. The molecule has 0 fully saturated rings. The van der Waals surface area contributed by atoms with Crippen LogP contribution in [0.25, 0.3) is 0 Å². The van der Waals surface area contributed by atoms with Crippen LogP contribution in [0.1, 0.15) is 19.8 Å². The van der Waals surface area contributed by atoms with E-state index in [9.17, 15) is 8.42 Å². The number of rotatable bonds is 5. The quantitative estimate of drug-likeness (QED) is 0.802. The lowest BCUT2D eigenvalue weighted by molar-refractivity contribution is 0.427. The monoisotopic (exact) mass is 284 g/mol. The molecule has 1 aromatic heterocycles. The van der Waals surface area contributed by atoms with E-state index in [2.05, 4.69) is 11.2 Å². The molecular weight excluding hydrogens is 264 g/mol. The van der Waals surface area contributed by atoms with Crippen molar-refractivity contribution >= 4 is 10.0 Å². The van der Waals surface area contributed by atoms with Crippen LogP contribution < -0.4 is 5.73 Å². The van der Waals surface area contributed by atoms with Crippen LogP contribution in [0.5, 0.6) is 0 Å². The summed E-state index contributed by atoms with van der Waals surface area (Å²) in [7, 11) is -3.42. The smallest absolute Gasteiger partial charge is 0.246 e. The maximum absolute atomic E-state index is 12.4. The second kappa shape index (κ2) is 5.85. The van der Waals surface area contributed by atoms with Gasteiger partial charge in [-0.25, -0.2) is 8.42 Å². The third kappa shape index (κ3) is 3.23. The average molecular weight is 284 g/mol. The Bertz CT molecular complexity index is 562. The fourth-order valence-corrected chi connectivity index (χ4v) is 3.54. The van der Waals surface area contributed by atoms with Crippen LogP contribution in [-0.2, 0) is 16.6 Å². The van der Waals surface area contributed by atoms with Crippen LogP contribution in [0.15, 0.2) is 28.9 Å². The Balaban J connectivity index is 2.15. The van der Waals surface area contributed by atoms with Crippen molar-refractivity contribution in [3.8, 4) is 0 Å². The molecule has 2 heterocycles. The van der Waals surface area contributed by atoms with Crippen molar-refractivity contribution in [2.45, 2.75) is 31.2 Å². The molecule has 1 aliphatic heterocycles. The second-order valence-electron chi connectivity index (χ2n) is 4.76. The molecule has 0 saturated carbocycles. The van der Waals surface area contributed by atoms with Gasteiger partial charge in [-0.1, -0.05) is 11.6 Å². The lowest BCUT2D eigenvalue weighted by atomic mass is 10.2. The number of hydrogen-bond acceptors (Lipinski definition) is 4. The maximum atomic E-state index is 12.4. The van der Waals surface area contributed by atoms with Gasteiger partial charge in [-0.05, 0) is 26.3 Å². The number of hydrogen-bond donors (Lipinski definition) is 1. The van der Waals surface area contributed by atoms with Crippen molar-refractivity contribution in [3.63, 3.8) is 0 Å². The van der Waals surface area contributed by atoms with Gasteiger partial charge in [0.1, 0.15) is 4.90 Å². The highest BCUT2D eigenvalue weighted by molar-refractivity contribution is 7.89. The molecule has 0 unspecified atom stereocenters. The summed E-state index contributed by atoms with van der Waals surface area (Å²) in [5.41, 5.74) is 6.52. The van der Waals surface area contributed by atoms with E-state index >= 15 is 0 Å². The van der Waals surface area contributed by atoms with E-state index in [-0.39, 0.29) is 4.90 Å². The molecule has 106 valence electrons. The summed E-state index contributed by atoms with van der Waals surface area (Å²) in [6, 6.07) is 0. The summed E-state index contributed by atoms with van der Waals surface area (Å²) in [6.45, 7) is 4.17. The van der Waals surface area contributed by atoms with E-state index in [4.69, 9.17) is 5.73 Å².